The third-order valence-corrected chi connectivity index (χ3v) is 3.24. The van der Waals surface area contributed by atoms with Crippen LogP contribution in [0.3, 0.4) is 0 Å². The summed E-state index contributed by atoms with van der Waals surface area (Å²) in [6, 6.07) is 6.12. The summed E-state index contributed by atoms with van der Waals surface area (Å²) in [7, 11) is 0. The minimum atomic E-state index is -0.569. The average Bonchev–Trinajstić information content (AvgIpc) is 2.37. The number of ether oxygens (including phenoxy) is 2. The maximum Gasteiger partial charge on any atom is 0.290 e. The third kappa shape index (κ3) is 3.25. The van der Waals surface area contributed by atoms with Gasteiger partial charge in [-0.15, -0.1) is 0 Å². The van der Waals surface area contributed by atoms with Crippen LogP contribution in [0.5, 0.6) is 5.75 Å². The first-order valence-corrected chi connectivity index (χ1v) is 6.50. The Hall–Kier alpha value is -2.13. The Balaban J connectivity index is 2.16. The van der Waals surface area contributed by atoms with Crippen molar-refractivity contribution in [2.75, 3.05) is 0 Å². The molecule has 2 rings (SSSR count). The van der Waals surface area contributed by atoms with Gasteiger partial charge in [0.1, 0.15) is 23.5 Å². The topological polar surface area (TPSA) is 85.4 Å². The van der Waals surface area contributed by atoms with Crippen LogP contribution in [0, 0.1) is 21.4 Å². The maximum absolute atomic E-state index is 10.9. The molecular formula is C14H16N2O4. The minimum absolute atomic E-state index is 0.0266. The normalized spacial score (nSPS) is 25.8. The Kier molecular flexibility index (Phi) is 4.20. The zero-order valence-electron chi connectivity index (χ0n) is 11.4. The van der Waals surface area contributed by atoms with Gasteiger partial charge in [-0.3, -0.25) is 10.1 Å². The molecule has 0 amide bonds. The van der Waals surface area contributed by atoms with Gasteiger partial charge in [0.25, 0.3) is 5.69 Å². The highest BCUT2D eigenvalue weighted by Crippen LogP contribution is 2.28. The lowest BCUT2D eigenvalue weighted by atomic mass is 10.0. The predicted octanol–water partition coefficient (Wildman–Crippen LogP) is 2.80. The molecule has 1 saturated heterocycles. The van der Waals surface area contributed by atoms with Crippen molar-refractivity contribution in [1.29, 1.82) is 5.26 Å². The summed E-state index contributed by atoms with van der Waals surface area (Å²) in [4.78, 5) is 10.3. The lowest BCUT2D eigenvalue weighted by Gasteiger charge is -2.32. The molecule has 1 fully saturated rings. The van der Waals surface area contributed by atoms with Crippen molar-refractivity contribution in [2.45, 2.75) is 45.0 Å². The highest BCUT2D eigenvalue weighted by Gasteiger charge is 2.26. The van der Waals surface area contributed by atoms with Crippen molar-refractivity contribution in [3.05, 3.63) is 33.9 Å². The largest absolute Gasteiger partial charge is 0.490 e. The van der Waals surface area contributed by atoms with E-state index in [-0.39, 0.29) is 29.6 Å². The van der Waals surface area contributed by atoms with Gasteiger partial charge < -0.3 is 9.47 Å². The van der Waals surface area contributed by atoms with Crippen LogP contribution in [-0.2, 0) is 4.74 Å². The van der Waals surface area contributed by atoms with Crippen molar-refractivity contribution in [3.63, 3.8) is 0 Å². The van der Waals surface area contributed by atoms with Gasteiger partial charge in [-0.25, -0.2) is 0 Å². The molecule has 0 aliphatic carbocycles. The smallest absolute Gasteiger partial charge is 0.290 e. The van der Waals surface area contributed by atoms with Crippen molar-refractivity contribution < 1.29 is 14.4 Å². The number of hydrogen-bond acceptors (Lipinski definition) is 5. The molecule has 0 saturated carbocycles. The molecule has 1 aromatic rings. The van der Waals surface area contributed by atoms with E-state index in [0.717, 1.165) is 12.8 Å². The molecule has 1 aliphatic rings. The van der Waals surface area contributed by atoms with Crippen LogP contribution in [0.2, 0.25) is 0 Å². The average molecular weight is 276 g/mol. The summed E-state index contributed by atoms with van der Waals surface area (Å²) in [5, 5.41) is 19.7. The van der Waals surface area contributed by atoms with Gasteiger partial charge in [0.15, 0.2) is 0 Å². The summed E-state index contributed by atoms with van der Waals surface area (Å²) < 4.78 is 11.4. The number of nitriles is 1. The first kappa shape index (κ1) is 14.3. The summed E-state index contributed by atoms with van der Waals surface area (Å²) in [6.07, 6.45) is 1.69. The molecule has 1 heterocycles. The molecule has 106 valence electrons. The van der Waals surface area contributed by atoms with Crippen LogP contribution in [-0.4, -0.2) is 23.2 Å². The number of nitrogens with zero attached hydrogens (tertiary/aromatic N) is 2. The second kappa shape index (κ2) is 5.88. The van der Waals surface area contributed by atoms with Crippen molar-refractivity contribution in [2.24, 2.45) is 0 Å². The zero-order valence-corrected chi connectivity index (χ0v) is 11.4. The van der Waals surface area contributed by atoms with Gasteiger partial charge in [-0.1, -0.05) is 0 Å². The Morgan fingerprint density at radius 2 is 2.05 bits per heavy atom. The van der Waals surface area contributed by atoms with Crippen LogP contribution in [0.4, 0.5) is 5.69 Å². The summed E-state index contributed by atoms with van der Waals surface area (Å²) >= 11 is 0. The summed E-state index contributed by atoms with van der Waals surface area (Å²) in [5.74, 6) is 0.419. The summed E-state index contributed by atoms with van der Waals surface area (Å²) in [5.41, 5.74) is -0.186. The molecular weight excluding hydrogens is 260 g/mol. The standard InChI is InChI=1S/C14H16N2O4/c1-9-5-13(6-10(2)19-9)20-12-4-3-11(8-15)14(7-12)16(17)18/h3-4,7,9-10,13H,5-6H2,1-2H3. The molecule has 0 N–H and O–H groups in total. The van der Waals surface area contributed by atoms with Gasteiger partial charge in [0, 0.05) is 12.8 Å². The van der Waals surface area contributed by atoms with Gasteiger partial charge >= 0.3 is 0 Å². The first-order valence-electron chi connectivity index (χ1n) is 6.50. The number of rotatable bonds is 3. The van der Waals surface area contributed by atoms with Gasteiger partial charge in [-0.2, -0.15) is 5.26 Å². The van der Waals surface area contributed by atoms with Crippen molar-refractivity contribution in [3.8, 4) is 11.8 Å². The SMILES string of the molecule is CC1CC(Oc2ccc(C#N)c([N+](=O)[O-])c2)CC(C)O1. The second-order valence-corrected chi connectivity index (χ2v) is 5.02. The molecule has 6 heteroatoms. The fourth-order valence-electron chi connectivity index (χ4n) is 2.46. The molecule has 0 aromatic heterocycles. The van der Waals surface area contributed by atoms with E-state index in [0.29, 0.717) is 5.75 Å². The zero-order chi connectivity index (χ0) is 14.7. The predicted molar refractivity (Wildman–Crippen MR) is 71.5 cm³/mol. The van der Waals surface area contributed by atoms with Crippen LogP contribution < -0.4 is 4.74 Å². The summed E-state index contributed by atoms with van der Waals surface area (Å²) in [6.45, 7) is 3.96. The molecule has 2 atom stereocenters. The van der Waals surface area contributed by atoms with Gasteiger partial charge in [0.2, 0.25) is 0 Å². The molecule has 2 unspecified atom stereocenters. The fourth-order valence-corrected chi connectivity index (χ4v) is 2.46. The van der Waals surface area contributed by atoms with E-state index < -0.39 is 4.92 Å². The molecule has 1 aliphatic heterocycles. The molecule has 0 bridgehead atoms. The third-order valence-electron chi connectivity index (χ3n) is 3.24. The lowest BCUT2D eigenvalue weighted by Crippen LogP contribution is -2.35. The number of nitro benzene ring substituents is 1. The Labute approximate surface area is 117 Å². The second-order valence-electron chi connectivity index (χ2n) is 5.02. The molecule has 20 heavy (non-hydrogen) atoms. The molecule has 6 nitrogen and oxygen atoms in total. The Morgan fingerprint density at radius 1 is 1.40 bits per heavy atom. The van der Waals surface area contributed by atoms with Crippen LogP contribution in [0.15, 0.2) is 18.2 Å². The van der Waals surface area contributed by atoms with Crippen LogP contribution >= 0.6 is 0 Å². The van der Waals surface area contributed by atoms with Crippen molar-refractivity contribution in [1.82, 2.24) is 0 Å². The van der Waals surface area contributed by atoms with Crippen LogP contribution in [0.1, 0.15) is 32.3 Å². The van der Waals surface area contributed by atoms with E-state index in [1.807, 2.05) is 13.8 Å². The number of benzene rings is 1. The Bertz CT molecular complexity index is 543. The minimum Gasteiger partial charge on any atom is -0.490 e. The maximum atomic E-state index is 10.9. The van der Waals surface area contributed by atoms with Crippen molar-refractivity contribution >= 4 is 5.69 Å². The highest BCUT2D eigenvalue weighted by atomic mass is 16.6. The molecule has 1 aromatic carbocycles. The van der Waals surface area contributed by atoms with Crippen LogP contribution in [0.25, 0.3) is 0 Å². The molecule has 0 spiro atoms. The lowest BCUT2D eigenvalue weighted by molar-refractivity contribution is -0.385. The highest BCUT2D eigenvalue weighted by molar-refractivity contribution is 5.52. The van der Waals surface area contributed by atoms with E-state index in [9.17, 15) is 10.1 Å². The van der Waals surface area contributed by atoms with E-state index in [2.05, 4.69) is 0 Å². The van der Waals surface area contributed by atoms with E-state index in [1.165, 1.54) is 12.1 Å². The molecule has 0 radical (unpaired) electrons. The number of hydrogen-bond donors (Lipinski definition) is 0. The quantitative estimate of drug-likeness (QED) is 0.626. The van der Waals surface area contributed by atoms with E-state index in [1.54, 1.807) is 12.1 Å². The Morgan fingerprint density at radius 3 is 2.60 bits per heavy atom. The fraction of sp³-hybridized carbons (Fsp3) is 0.500. The van der Waals surface area contributed by atoms with E-state index >= 15 is 0 Å². The van der Waals surface area contributed by atoms with E-state index in [4.69, 9.17) is 14.7 Å². The first-order chi connectivity index (χ1) is 9.49. The number of nitro groups is 1. The van der Waals surface area contributed by atoms with Gasteiger partial charge in [0.05, 0.1) is 23.2 Å². The monoisotopic (exact) mass is 276 g/mol. The van der Waals surface area contributed by atoms with Gasteiger partial charge in [-0.05, 0) is 26.0 Å².